The largest absolute Gasteiger partial charge is 0.256 e. The Labute approximate surface area is 102 Å². The molecule has 0 amide bonds. The van der Waals surface area contributed by atoms with Gasteiger partial charge in [0.1, 0.15) is 0 Å². The molecule has 0 spiro atoms. The van der Waals surface area contributed by atoms with Crippen LogP contribution in [0.25, 0.3) is 11.3 Å². The average Bonchev–Trinajstić information content (AvgIpc) is 2.30. The van der Waals surface area contributed by atoms with Crippen molar-refractivity contribution in [3.05, 3.63) is 54.2 Å². The molecule has 1 radical (unpaired) electrons. The normalized spacial score (nSPS) is 8.73. The smallest absolute Gasteiger partial charge is 0.0998 e. The molecule has 1 heterocycles. The SMILES string of the molecule is N#Cc1ccccc1-c1ccccn1.[Ir]. The summed E-state index contributed by atoms with van der Waals surface area (Å²) in [7, 11) is 0. The summed E-state index contributed by atoms with van der Waals surface area (Å²) in [6.45, 7) is 0. The Bertz CT molecular complexity index is 474. The quantitative estimate of drug-likeness (QED) is 0.772. The van der Waals surface area contributed by atoms with Crippen LogP contribution in [0.3, 0.4) is 0 Å². The molecular weight excluding hydrogens is 364 g/mol. The molecule has 15 heavy (non-hydrogen) atoms. The average molecular weight is 372 g/mol. The van der Waals surface area contributed by atoms with E-state index in [4.69, 9.17) is 5.26 Å². The van der Waals surface area contributed by atoms with Gasteiger partial charge in [-0.25, -0.2) is 0 Å². The first-order valence-electron chi connectivity index (χ1n) is 4.32. The van der Waals surface area contributed by atoms with Crippen molar-refractivity contribution in [3.63, 3.8) is 0 Å². The summed E-state index contributed by atoms with van der Waals surface area (Å²) < 4.78 is 0. The standard InChI is InChI=1S/C12H8N2.Ir/c13-9-10-5-1-2-6-11(10)12-7-3-4-8-14-12;/h1-8H;. The van der Waals surface area contributed by atoms with Crippen molar-refractivity contribution in [3.8, 4) is 17.3 Å². The second kappa shape index (κ2) is 5.41. The molecule has 0 N–H and O–H groups in total. The van der Waals surface area contributed by atoms with Crippen molar-refractivity contribution in [1.29, 1.82) is 5.26 Å². The van der Waals surface area contributed by atoms with Crippen LogP contribution >= 0.6 is 0 Å². The number of hydrogen-bond acceptors (Lipinski definition) is 2. The fourth-order valence-corrected chi connectivity index (χ4v) is 1.33. The third-order valence-corrected chi connectivity index (χ3v) is 1.99. The molecule has 0 atom stereocenters. The summed E-state index contributed by atoms with van der Waals surface area (Å²) in [6, 6.07) is 15.3. The number of rotatable bonds is 1. The van der Waals surface area contributed by atoms with Crippen LogP contribution in [0.2, 0.25) is 0 Å². The first-order valence-corrected chi connectivity index (χ1v) is 4.32. The number of benzene rings is 1. The predicted octanol–water partition coefficient (Wildman–Crippen LogP) is 2.62. The van der Waals surface area contributed by atoms with E-state index in [2.05, 4.69) is 11.1 Å². The van der Waals surface area contributed by atoms with Crippen LogP contribution in [0.1, 0.15) is 5.56 Å². The van der Waals surface area contributed by atoms with E-state index in [1.807, 2.05) is 36.4 Å². The van der Waals surface area contributed by atoms with E-state index in [1.165, 1.54) is 0 Å². The number of hydrogen-bond donors (Lipinski definition) is 0. The molecule has 0 saturated carbocycles. The van der Waals surface area contributed by atoms with Gasteiger partial charge in [0.2, 0.25) is 0 Å². The molecule has 0 aliphatic carbocycles. The Morgan fingerprint density at radius 1 is 1.00 bits per heavy atom. The van der Waals surface area contributed by atoms with E-state index in [1.54, 1.807) is 12.3 Å². The molecule has 3 heteroatoms. The third kappa shape index (κ3) is 2.50. The monoisotopic (exact) mass is 373 g/mol. The number of nitriles is 1. The predicted molar refractivity (Wildman–Crippen MR) is 54.4 cm³/mol. The third-order valence-electron chi connectivity index (χ3n) is 1.99. The van der Waals surface area contributed by atoms with E-state index < -0.39 is 0 Å². The van der Waals surface area contributed by atoms with E-state index in [0.717, 1.165) is 11.3 Å². The van der Waals surface area contributed by atoms with Crippen molar-refractivity contribution in [2.75, 3.05) is 0 Å². The molecule has 0 fully saturated rings. The summed E-state index contributed by atoms with van der Waals surface area (Å²) in [4.78, 5) is 4.21. The van der Waals surface area contributed by atoms with Gasteiger partial charge < -0.3 is 0 Å². The molecule has 2 aromatic rings. The Kier molecular flexibility index (Phi) is 4.17. The Morgan fingerprint density at radius 3 is 2.40 bits per heavy atom. The van der Waals surface area contributed by atoms with Crippen molar-refractivity contribution >= 4 is 0 Å². The van der Waals surface area contributed by atoms with Gasteiger partial charge >= 0.3 is 0 Å². The minimum absolute atomic E-state index is 0. The minimum Gasteiger partial charge on any atom is -0.256 e. The molecule has 0 unspecified atom stereocenters. The molecule has 1 aromatic carbocycles. The topological polar surface area (TPSA) is 36.7 Å². The van der Waals surface area contributed by atoms with Crippen LogP contribution in [0, 0.1) is 11.3 Å². The molecular formula is C12H8IrN2. The molecule has 0 bridgehead atoms. The van der Waals surface area contributed by atoms with E-state index in [-0.39, 0.29) is 20.1 Å². The minimum atomic E-state index is 0. The summed E-state index contributed by atoms with van der Waals surface area (Å²) in [5, 5.41) is 8.90. The van der Waals surface area contributed by atoms with Crippen molar-refractivity contribution in [1.82, 2.24) is 4.98 Å². The van der Waals surface area contributed by atoms with Crippen LogP contribution in [-0.2, 0) is 20.1 Å². The van der Waals surface area contributed by atoms with Gasteiger partial charge in [-0.1, -0.05) is 24.3 Å². The van der Waals surface area contributed by atoms with Gasteiger partial charge in [0, 0.05) is 31.9 Å². The van der Waals surface area contributed by atoms with Crippen LogP contribution in [0.5, 0.6) is 0 Å². The molecule has 1 aromatic heterocycles. The van der Waals surface area contributed by atoms with Gasteiger partial charge in [-0.15, -0.1) is 0 Å². The van der Waals surface area contributed by atoms with Crippen molar-refractivity contribution < 1.29 is 20.1 Å². The Balaban J connectivity index is 0.00000112. The summed E-state index contributed by atoms with van der Waals surface area (Å²) in [5.74, 6) is 0. The Hall–Kier alpha value is -1.49. The summed E-state index contributed by atoms with van der Waals surface area (Å²) in [5.41, 5.74) is 2.38. The van der Waals surface area contributed by atoms with Gasteiger partial charge in [0.25, 0.3) is 0 Å². The molecule has 0 aliphatic heterocycles. The zero-order valence-corrected chi connectivity index (χ0v) is 10.2. The second-order valence-corrected chi connectivity index (χ2v) is 2.87. The van der Waals surface area contributed by atoms with Gasteiger partial charge in [0.05, 0.1) is 17.3 Å². The fraction of sp³-hybridized carbons (Fsp3) is 0. The number of nitrogens with zero attached hydrogens (tertiary/aromatic N) is 2. The van der Waals surface area contributed by atoms with E-state index in [0.29, 0.717) is 5.56 Å². The van der Waals surface area contributed by atoms with Crippen LogP contribution in [0.15, 0.2) is 48.7 Å². The zero-order chi connectivity index (χ0) is 9.80. The zero-order valence-electron chi connectivity index (χ0n) is 7.85. The molecule has 2 rings (SSSR count). The molecule has 2 nitrogen and oxygen atoms in total. The van der Waals surface area contributed by atoms with Crippen LogP contribution in [0.4, 0.5) is 0 Å². The molecule has 75 valence electrons. The van der Waals surface area contributed by atoms with Crippen molar-refractivity contribution in [2.24, 2.45) is 0 Å². The van der Waals surface area contributed by atoms with Crippen molar-refractivity contribution in [2.45, 2.75) is 0 Å². The van der Waals surface area contributed by atoms with Gasteiger partial charge in [0.15, 0.2) is 0 Å². The van der Waals surface area contributed by atoms with E-state index in [9.17, 15) is 0 Å². The molecule has 0 aliphatic rings. The van der Waals surface area contributed by atoms with Gasteiger partial charge in [-0.05, 0) is 18.2 Å². The summed E-state index contributed by atoms with van der Waals surface area (Å²) >= 11 is 0. The molecule has 0 saturated heterocycles. The Morgan fingerprint density at radius 2 is 1.73 bits per heavy atom. The summed E-state index contributed by atoms with van der Waals surface area (Å²) in [6.07, 6.45) is 1.73. The maximum Gasteiger partial charge on any atom is 0.0998 e. The maximum absolute atomic E-state index is 8.90. The first kappa shape index (κ1) is 11.6. The first-order chi connectivity index (χ1) is 6.92. The number of aromatic nitrogens is 1. The fourth-order valence-electron chi connectivity index (χ4n) is 1.33. The number of pyridine rings is 1. The van der Waals surface area contributed by atoms with Gasteiger partial charge in [-0.2, -0.15) is 5.26 Å². The van der Waals surface area contributed by atoms with E-state index >= 15 is 0 Å². The maximum atomic E-state index is 8.90. The van der Waals surface area contributed by atoms with Gasteiger partial charge in [-0.3, -0.25) is 4.98 Å². The van der Waals surface area contributed by atoms with Crippen LogP contribution < -0.4 is 0 Å². The van der Waals surface area contributed by atoms with Crippen LogP contribution in [-0.4, -0.2) is 4.98 Å². The second-order valence-electron chi connectivity index (χ2n) is 2.87.